The number of carbonyl (C=O) groups excluding carboxylic acids is 1. The molecule has 1 heterocycles. The molecule has 5 nitrogen and oxygen atoms in total. The zero-order valence-electron chi connectivity index (χ0n) is 14.9. The molecule has 0 atom stereocenters. The number of nitrogens with one attached hydrogen (secondary N) is 1. The molecule has 0 saturated carbocycles. The van der Waals surface area contributed by atoms with Crippen LogP contribution < -0.4 is 5.32 Å². The summed E-state index contributed by atoms with van der Waals surface area (Å²) >= 11 is 1.25. The highest BCUT2D eigenvalue weighted by atomic mass is 32.2. The van der Waals surface area contributed by atoms with Gasteiger partial charge < -0.3 is 9.73 Å². The molecular formula is C20H21N3O2S. The first-order valence-electron chi connectivity index (χ1n) is 8.53. The Morgan fingerprint density at radius 3 is 2.69 bits per heavy atom. The molecule has 1 N–H and O–H groups in total. The second-order valence-electron chi connectivity index (χ2n) is 5.92. The van der Waals surface area contributed by atoms with E-state index in [1.165, 1.54) is 11.8 Å². The first-order chi connectivity index (χ1) is 12.7. The molecule has 1 amide bonds. The highest BCUT2D eigenvalue weighted by Gasteiger charge is 2.12. The van der Waals surface area contributed by atoms with Crippen LogP contribution in [0.3, 0.4) is 0 Å². The van der Waals surface area contributed by atoms with E-state index in [2.05, 4.69) is 22.4 Å². The van der Waals surface area contributed by atoms with Gasteiger partial charge in [-0.1, -0.05) is 67.2 Å². The molecule has 134 valence electrons. The number of hydrogen-bond donors (Lipinski definition) is 1. The van der Waals surface area contributed by atoms with Crippen LogP contribution in [-0.2, 0) is 17.6 Å². The van der Waals surface area contributed by atoms with Crippen LogP contribution >= 0.6 is 11.8 Å². The van der Waals surface area contributed by atoms with Gasteiger partial charge in [-0.15, -0.1) is 10.2 Å². The Balaban J connectivity index is 1.55. The van der Waals surface area contributed by atoms with E-state index < -0.39 is 0 Å². The minimum Gasteiger partial charge on any atom is -0.416 e. The summed E-state index contributed by atoms with van der Waals surface area (Å²) in [4.78, 5) is 12.3. The van der Waals surface area contributed by atoms with Crippen molar-refractivity contribution in [2.75, 3.05) is 11.1 Å². The van der Waals surface area contributed by atoms with Gasteiger partial charge in [0, 0.05) is 5.69 Å². The van der Waals surface area contributed by atoms with Crippen LogP contribution in [0.4, 0.5) is 5.69 Å². The molecule has 0 radical (unpaired) electrons. The number of aromatic nitrogens is 2. The number of benzene rings is 2. The maximum absolute atomic E-state index is 12.3. The van der Waals surface area contributed by atoms with Crippen molar-refractivity contribution in [1.29, 1.82) is 0 Å². The third-order valence-electron chi connectivity index (χ3n) is 3.98. The van der Waals surface area contributed by atoms with Crippen molar-refractivity contribution in [3.63, 3.8) is 0 Å². The Kier molecular flexibility index (Phi) is 6.07. The average Bonchev–Trinajstić information content (AvgIpc) is 3.10. The van der Waals surface area contributed by atoms with Crippen molar-refractivity contribution < 1.29 is 9.21 Å². The lowest BCUT2D eigenvalue weighted by Gasteiger charge is -2.12. The quantitative estimate of drug-likeness (QED) is 0.632. The molecule has 0 unspecified atom stereocenters. The van der Waals surface area contributed by atoms with E-state index in [1.54, 1.807) is 0 Å². The van der Waals surface area contributed by atoms with Gasteiger partial charge >= 0.3 is 0 Å². The van der Waals surface area contributed by atoms with Crippen LogP contribution in [-0.4, -0.2) is 21.9 Å². The van der Waals surface area contributed by atoms with E-state index in [-0.39, 0.29) is 11.7 Å². The minimum absolute atomic E-state index is 0.0817. The fourth-order valence-electron chi connectivity index (χ4n) is 2.64. The van der Waals surface area contributed by atoms with Crippen molar-refractivity contribution in [2.24, 2.45) is 0 Å². The zero-order chi connectivity index (χ0) is 18.4. The summed E-state index contributed by atoms with van der Waals surface area (Å²) in [7, 11) is 0. The fourth-order valence-corrected chi connectivity index (χ4v) is 3.22. The second-order valence-corrected chi connectivity index (χ2v) is 6.85. The Bertz CT molecular complexity index is 878. The van der Waals surface area contributed by atoms with Crippen molar-refractivity contribution in [2.45, 2.75) is 31.9 Å². The summed E-state index contributed by atoms with van der Waals surface area (Å²) in [5, 5.41) is 11.5. The highest BCUT2D eigenvalue weighted by Crippen LogP contribution is 2.22. The number of amides is 1. The van der Waals surface area contributed by atoms with Gasteiger partial charge in [0.2, 0.25) is 11.8 Å². The number of carbonyl (C=O) groups is 1. The predicted octanol–water partition coefficient (Wildman–Crippen LogP) is 4.26. The van der Waals surface area contributed by atoms with Crippen molar-refractivity contribution in [3.05, 3.63) is 71.1 Å². The van der Waals surface area contributed by atoms with E-state index in [4.69, 9.17) is 4.42 Å². The predicted molar refractivity (Wildman–Crippen MR) is 103 cm³/mol. The number of aryl methyl sites for hydroxylation is 2. The number of rotatable bonds is 7. The number of thioether (sulfide) groups is 1. The second kappa shape index (κ2) is 8.67. The summed E-state index contributed by atoms with van der Waals surface area (Å²) in [6.07, 6.45) is 1.46. The van der Waals surface area contributed by atoms with Gasteiger partial charge in [-0.05, 0) is 30.0 Å². The zero-order valence-corrected chi connectivity index (χ0v) is 15.7. The van der Waals surface area contributed by atoms with Gasteiger partial charge in [0.25, 0.3) is 5.22 Å². The molecule has 0 fully saturated rings. The van der Waals surface area contributed by atoms with Crippen molar-refractivity contribution in [3.8, 4) is 0 Å². The summed E-state index contributed by atoms with van der Waals surface area (Å²) in [6.45, 7) is 4.07. The lowest BCUT2D eigenvalue weighted by Crippen LogP contribution is -2.16. The third-order valence-corrected chi connectivity index (χ3v) is 4.80. The number of nitrogens with zero attached hydrogens (tertiary/aromatic N) is 2. The normalized spacial score (nSPS) is 10.7. The van der Waals surface area contributed by atoms with E-state index in [1.807, 2.05) is 55.5 Å². The smallest absolute Gasteiger partial charge is 0.277 e. The van der Waals surface area contributed by atoms with Gasteiger partial charge in [-0.3, -0.25) is 4.79 Å². The van der Waals surface area contributed by atoms with E-state index in [9.17, 15) is 4.79 Å². The molecule has 3 aromatic rings. The van der Waals surface area contributed by atoms with Crippen LogP contribution in [0.25, 0.3) is 0 Å². The van der Waals surface area contributed by atoms with Crippen molar-refractivity contribution >= 4 is 23.4 Å². The summed E-state index contributed by atoms with van der Waals surface area (Å²) in [6, 6.07) is 16.0. The van der Waals surface area contributed by atoms with Gasteiger partial charge in [0.1, 0.15) is 0 Å². The van der Waals surface area contributed by atoms with Crippen molar-refractivity contribution in [1.82, 2.24) is 10.2 Å². The maximum Gasteiger partial charge on any atom is 0.277 e. The third kappa shape index (κ3) is 4.73. The van der Waals surface area contributed by atoms with Crippen LogP contribution in [0, 0.1) is 6.92 Å². The topological polar surface area (TPSA) is 68.0 Å². The van der Waals surface area contributed by atoms with Gasteiger partial charge in [-0.2, -0.15) is 0 Å². The standard InChI is InChI=1S/C20H21N3O2S/c1-3-16-11-7-8-14(2)19(16)21-17(24)13-26-20-23-22-18(25-20)12-15-9-5-4-6-10-15/h4-11H,3,12-13H2,1-2H3,(H,21,24). The highest BCUT2D eigenvalue weighted by molar-refractivity contribution is 7.99. The molecule has 6 heteroatoms. The fraction of sp³-hybridized carbons (Fsp3) is 0.250. The molecule has 0 spiro atoms. The van der Waals surface area contributed by atoms with Gasteiger partial charge in [-0.25, -0.2) is 0 Å². The van der Waals surface area contributed by atoms with E-state index >= 15 is 0 Å². The van der Waals surface area contributed by atoms with E-state index in [0.29, 0.717) is 17.5 Å². The SMILES string of the molecule is CCc1cccc(C)c1NC(=O)CSc1nnc(Cc2ccccc2)o1. The van der Waals surface area contributed by atoms with Crippen LogP contribution in [0.15, 0.2) is 58.2 Å². The lowest BCUT2D eigenvalue weighted by atomic mass is 10.1. The molecule has 2 aromatic carbocycles. The molecule has 0 aliphatic carbocycles. The molecular weight excluding hydrogens is 346 g/mol. The average molecular weight is 367 g/mol. The molecule has 0 saturated heterocycles. The number of para-hydroxylation sites is 1. The minimum atomic E-state index is -0.0817. The van der Waals surface area contributed by atoms with Crippen LogP contribution in [0.1, 0.15) is 29.5 Å². The number of hydrogen-bond acceptors (Lipinski definition) is 5. The Morgan fingerprint density at radius 2 is 1.92 bits per heavy atom. The first kappa shape index (κ1) is 18.2. The summed E-state index contributed by atoms with van der Waals surface area (Å²) < 4.78 is 5.62. The lowest BCUT2D eigenvalue weighted by molar-refractivity contribution is -0.113. The Labute approximate surface area is 157 Å². The summed E-state index contributed by atoms with van der Waals surface area (Å²) in [5.41, 5.74) is 4.20. The maximum atomic E-state index is 12.3. The summed E-state index contributed by atoms with van der Waals surface area (Å²) in [5.74, 6) is 0.692. The number of anilines is 1. The molecule has 0 bridgehead atoms. The monoisotopic (exact) mass is 367 g/mol. The van der Waals surface area contributed by atoms with Gasteiger partial charge in [0.05, 0.1) is 12.2 Å². The molecule has 26 heavy (non-hydrogen) atoms. The van der Waals surface area contributed by atoms with Crippen LogP contribution in [0.5, 0.6) is 0 Å². The molecule has 0 aliphatic heterocycles. The largest absolute Gasteiger partial charge is 0.416 e. The van der Waals surface area contributed by atoms with E-state index in [0.717, 1.165) is 28.8 Å². The van der Waals surface area contributed by atoms with Crippen LogP contribution in [0.2, 0.25) is 0 Å². The Hall–Kier alpha value is -2.60. The van der Waals surface area contributed by atoms with Gasteiger partial charge in [0.15, 0.2) is 0 Å². The first-order valence-corrected chi connectivity index (χ1v) is 9.51. The Morgan fingerprint density at radius 1 is 1.12 bits per heavy atom. The molecule has 3 rings (SSSR count). The molecule has 0 aliphatic rings. The molecule has 1 aromatic heterocycles.